The highest BCUT2D eigenvalue weighted by atomic mass is 32.1. The zero-order valence-corrected chi connectivity index (χ0v) is 28.4. The van der Waals surface area contributed by atoms with E-state index in [-0.39, 0.29) is 0 Å². The third kappa shape index (κ3) is 5.12. The van der Waals surface area contributed by atoms with Crippen molar-refractivity contribution in [1.29, 1.82) is 0 Å². The summed E-state index contributed by atoms with van der Waals surface area (Å²) in [5.74, 6) is 0. The van der Waals surface area contributed by atoms with Crippen LogP contribution in [0.1, 0.15) is 11.1 Å². The minimum atomic E-state index is -4.38. The van der Waals surface area contributed by atoms with E-state index in [1.165, 1.54) is 34.8 Å². The van der Waals surface area contributed by atoms with E-state index < -0.39 is 23.5 Å². The van der Waals surface area contributed by atoms with Crippen LogP contribution in [0.3, 0.4) is 0 Å². The molecule has 2 heterocycles. The lowest BCUT2D eigenvalue weighted by Crippen LogP contribution is -2.03. The highest BCUT2D eigenvalue weighted by Gasteiger charge is 2.31. The van der Waals surface area contributed by atoms with Gasteiger partial charge in [-0.05, 0) is 140 Å². The summed E-state index contributed by atoms with van der Waals surface area (Å²) < 4.78 is 83.1. The van der Waals surface area contributed by atoms with E-state index in [0.717, 1.165) is 97.6 Å². The fourth-order valence-electron chi connectivity index (χ4n) is 7.37. The van der Waals surface area contributed by atoms with Gasteiger partial charge in [0, 0.05) is 40.3 Å². The lowest BCUT2D eigenvalue weighted by molar-refractivity contribution is -0.138. The maximum atomic E-state index is 13.3. The Labute approximate surface area is 299 Å². The fourth-order valence-corrected chi connectivity index (χ4v) is 9.63. The highest BCUT2D eigenvalue weighted by molar-refractivity contribution is 7.26. The predicted octanol–water partition coefficient (Wildman–Crippen LogP) is 15.3. The van der Waals surface area contributed by atoms with Gasteiger partial charge in [0.15, 0.2) is 0 Å². The Bertz CT molecular complexity index is 2900. The molecule has 0 saturated carbocycles. The summed E-state index contributed by atoms with van der Waals surface area (Å²) in [6.07, 6.45) is -8.76. The van der Waals surface area contributed by atoms with Gasteiger partial charge >= 0.3 is 12.4 Å². The molecule has 0 unspecified atom stereocenters. The smallest absolute Gasteiger partial charge is 0.166 e. The van der Waals surface area contributed by atoms with Crippen LogP contribution < -0.4 is 0 Å². The van der Waals surface area contributed by atoms with Crippen molar-refractivity contribution in [3.63, 3.8) is 0 Å². The van der Waals surface area contributed by atoms with E-state index in [2.05, 4.69) is 72.8 Å². The number of fused-ring (bicyclic) bond motifs is 9. The van der Waals surface area contributed by atoms with Gasteiger partial charge in [-0.1, -0.05) is 48.5 Å². The Morgan fingerprint density at radius 3 is 1.08 bits per heavy atom. The first-order chi connectivity index (χ1) is 24.9. The van der Waals surface area contributed by atoms with Crippen LogP contribution >= 0.6 is 22.7 Å². The number of halogens is 6. The second-order valence-corrected chi connectivity index (χ2v) is 15.4. The maximum absolute atomic E-state index is 13.3. The lowest BCUT2D eigenvalue weighted by atomic mass is 9.95. The van der Waals surface area contributed by atoms with Crippen LogP contribution in [0.4, 0.5) is 26.3 Å². The molecule has 0 nitrogen and oxygen atoms in total. The quantitative estimate of drug-likeness (QED) is 0.123. The zero-order chi connectivity index (χ0) is 35.5. The van der Waals surface area contributed by atoms with E-state index in [4.69, 9.17) is 0 Å². The standard InChI is InChI=1S/C44H22F6S2/c45-43(46,47)33-7-9-35-37-19-27(5-11-39(37)51-41(35)21-33)23-1-3-25-15-31-18-30-14-24(2-4-26(30)16-32(31)17-29(25)13-23)28-6-12-40-38(20-28)36-10-8-34(44(48,49)50)22-42(36)52-40/h1-22H. The van der Waals surface area contributed by atoms with E-state index in [1.807, 2.05) is 24.3 Å². The molecule has 2 aromatic heterocycles. The van der Waals surface area contributed by atoms with Gasteiger partial charge in [0.05, 0.1) is 11.1 Å². The minimum Gasteiger partial charge on any atom is -0.166 e. The number of alkyl halides is 6. The number of thiophene rings is 2. The van der Waals surface area contributed by atoms with Crippen LogP contribution in [0.15, 0.2) is 133 Å². The number of rotatable bonds is 2. The summed E-state index contributed by atoms with van der Waals surface area (Å²) in [6, 6.07) is 41.5. The van der Waals surface area contributed by atoms with Crippen LogP contribution in [0.5, 0.6) is 0 Å². The third-order valence-corrected chi connectivity index (χ3v) is 12.3. The van der Waals surface area contributed by atoms with E-state index >= 15 is 0 Å². The van der Waals surface area contributed by atoms with Crippen molar-refractivity contribution in [3.8, 4) is 22.3 Å². The Hall–Kier alpha value is -5.44. The molecule has 0 spiro atoms. The summed E-state index contributed by atoms with van der Waals surface area (Å²) in [7, 11) is 0. The molecule has 0 aliphatic heterocycles. The summed E-state index contributed by atoms with van der Waals surface area (Å²) in [6.45, 7) is 0. The minimum absolute atomic E-state index is 0.620. The summed E-state index contributed by atoms with van der Waals surface area (Å²) in [5, 5.41) is 10.1. The fraction of sp³-hybridized carbons (Fsp3) is 0.0455. The van der Waals surface area contributed by atoms with Crippen LogP contribution in [-0.4, -0.2) is 0 Å². The first kappa shape index (κ1) is 31.3. The molecule has 0 bridgehead atoms. The van der Waals surface area contributed by atoms with Gasteiger partial charge in [0.25, 0.3) is 0 Å². The molecule has 52 heavy (non-hydrogen) atoms. The average Bonchev–Trinajstić information content (AvgIpc) is 3.68. The second kappa shape index (κ2) is 11.0. The molecule has 10 rings (SSSR count). The number of hydrogen-bond acceptors (Lipinski definition) is 2. The molecular formula is C44H22F6S2. The monoisotopic (exact) mass is 728 g/mol. The van der Waals surface area contributed by atoms with Gasteiger partial charge in [0.1, 0.15) is 0 Å². The van der Waals surface area contributed by atoms with E-state index in [0.29, 0.717) is 9.40 Å². The highest BCUT2D eigenvalue weighted by Crippen LogP contribution is 2.42. The maximum Gasteiger partial charge on any atom is 0.416 e. The molecule has 8 heteroatoms. The van der Waals surface area contributed by atoms with Gasteiger partial charge in [0.2, 0.25) is 0 Å². The molecule has 0 radical (unpaired) electrons. The molecule has 10 aromatic rings. The Morgan fingerprint density at radius 1 is 0.288 bits per heavy atom. The largest absolute Gasteiger partial charge is 0.416 e. The van der Waals surface area contributed by atoms with Gasteiger partial charge in [-0.15, -0.1) is 22.7 Å². The third-order valence-electron chi connectivity index (χ3n) is 10.0. The molecule has 0 saturated heterocycles. The van der Waals surface area contributed by atoms with Crippen LogP contribution in [-0.2, 0) is 12.4 Å². The molecule has 8 aromatic carbocycles. The van der Waals surface area contributed by atoms with Crippen molar-refractivity contribution in [2.75, 3.05) is 0 Å². The Balaban J connectivity index is 1.01. The van der Waals surface area contributed by atoms with Crippen molar-refractivity contribution < 1.29 is 26.3 Å². The summed E-state index contributed by atoms with van der Waals surface area (Å²) in [5.41, 5.74) is 2.79. The van der Waals surface area contributed by atoms with Gasteiger partial charge in [-0.2, -0.15) is 26.3 Å². The van der Waals surface area contributed by atoms with E-state index in [9.17, 15) is 26.3 Å². The van der Waals surface area contributed by atoms with Crippen molar-refractivity contribution >= 4 is 95.3 Å². The molecule has 252 valence electrons. The molecule has 0 N–H and O–H groups in total. The second-order valence-electron chi connectivity index (χ2n) is 13.2. The summed E-state index contributed by atoms with van der Waals surface area (Å²) in [4.78, 5) is 0. The Kier molecular flexibility index (Phi) is 6.64. The lowest BCUT2D eigenvalue weighted by Gasteiger charge is -2.10. The molecule has 0 atom stereocenters. The van der Waals surface area contributed by atoms with Gasteiger partial charge < -0.3 is 0 Å². The van der Waals surface area contributed by atoms with Crippen molar-refractivity contribution in [3.05, 3.63) is 145 Å². The zero-order valence-electron chi connectivity index (χ0n) is 26.8. The topological polar surface area (TPSA) is 0 Å². The average molecular weight is 729 g/mol. The van der Waals surface area contributed by atoms with Gasteiger partial charge in [-0.25, -0.2) is 0 Å². The van der Waals surface area contributed by atoms with Crippen LogP contribution in [0, 0.1) is 0 Å². The number of hydrogen-bond donors (Lipinski definition) is 0. The Morgan fingerprint density at radius 2 is 0.654 bits per heavy atom. The number of benzene rings is 8. The van der Waals surface area contributed by atoms with E-state index in [1.54, 1.807) is 12.1 Å². The normalized spacial score (nSPS) is 12.8. The van der Waals surface area contributed by atoms with Crippen molar-refractivity contribution in [2.45, 2.75) is 12.4 Å². The molecule has 0 fully saturated rings. The van der Waals surface area contributed by atoms with Crippen LogP contribution in [0.2, 0.25) is 0 Å². The first-order valence-corrected chi connectivity index (χ1v) is 18.1. The molecular weight excluding hydrogens is 707 g/mol. The predicted molar refractivity (Wildman–Crippen MR) is 206 cm³/mol. The first-order valence-electron chi connectivity index (χ1n) is 16.4. The molecule has 0 aliphatic rings. The summed E-state index contributed by atoms with van der Waals surface area (Å²) >= 11 is 2.74. The SMILES string of the molecule is FC(F)(F)c1ccc2c(c1)sc1ccc(-c3ccc4cc5cc6cc(-c7ccc8sc9cc(C(F)(F)F)ccc9c8c7)ccc6cc5cc4c3)cc12. The van der Waals surface area contributed by atoms with Crippen LogP contribution in [0.25, 0.3) is 94.9 Å². The van der Waals surface area contributed by atoms with Gasteiger partial charge in [-0.3, -0.25) is 0 Å². The molecule has 0 amide bonds. The van der Waals surface area contributed by atoms with Crippen molar-refractivity contribution in [2.24, 2.45) is 0 Å². The van der Waals surface area contributed by atoms with Crippen molar-refractivity contribution in [1.82, 2.24) is 0 Å². The molecule has 0 aliphatic carbocycles.